The van der Waals surface area contributed by atoms with Crippen LogP contribution in [-0.4, -0.2) is 27.7 Å². The number of hydrogen-bond acceptors (Lipinski definition) is 3. The molecule has 0 bridgehead atoms. The first-order valence-electron chi connectivity index (χ1n) is 8.02. The Bertz CT molecular complexity index is 740. The number of pyridine rings is 1. The molecule has 0 aliphatic heterocycles. The standard InChI is InChI=1S/C18H23N3O2/c1-18(2,3)23-17(22)21-13-6-4-12(5-7-13)15-10-20-16-11-19-9-8-14(15)16/h4,8-11,13,20H,5-7H2,1-3H3,(H,21,22). The first-order valence-corrected chi connectivity index (χ1v) is 8.02. The van der Waals surface area contributed by atoms with Crippen molar-refractivity contribution in [3.8, 4) is 0 Å². The molecule has 2 N–H and O–H groups in total. The number of hydrogen-bond donors (Lipinski definition) is 2. The van der Waals surface area contributed by atoms with E-state index in [2.05, 4.69) is 21.4 Å². The number of aromatic nitrogens is 2. The highest BCUT2D eigenvalue weighted by atomic mass is 16.6. The van der Waals surface area contributed by atoms with E-state index < -0.39 is 5.60 Å². The lowest BCUT2D eigenvalue weighted by molar-refractivity contribution is 0.0502. The van der Waals surface area contributed by atoms with E-state index in [1.54, 1.807) is 0 Å². The zero-order chi connectivity index (χ0) is 16.4. The van der Waals surface area contributed by atoms with Crippen molar-refractivity contribution in [2.24, 2.45) is 0 Å². The lowest BCUT2D eigenvalue weighted by Crippen LogP contribution is -2.39. The Labute approximate surface area is 136 Å². The van der Waals surface area contributed by atoms with Crippen molar-refractivity contribution in [2.75, 3.05) is 0 Å². The smallest absolute Gasteiger partial charge is 0.407 e. The Kier molecular flexibility index (Phi) is 4.11. The number of allylic oxidation sites excluding steroid dienone is 1. The fraction of sp³-hybridized carbons (Fsp3) is 0.444. The number of rotatable bonds is 2. The molecule has 23 heavy (non-hydrogen) atoms. The summed E-state index contributed by atoms with van der Waals surface area (Å²) in [6.07, 6.45) is 10.3. The Morgan fingerprint density at radius 1 is 1.43 bits per heavy atom. The second-order valence-corrected chi connectivity index (χ2v) is 6.97. The van der Waals surface area contributed by atoms with Crippen LogP contribution < -0.4 is 5.32 Å². The van der Waals surface area contributed by atoms with Crippen LogP contribution >= 0.6 is 0 Å². The predicted octanol–water partition coefficient (Wildman–Crippen LogP) is 4.02. The van der Waals surface area contributed by atoms with Gasteiger partial charge in [-0.2, -0.15) is 0 Å². The summed E-state index contributed by atoms with van der Waals surface area (Å²) in [7, 11) is 0. The first kappa shape index (κ1) is 15.6. The minimum atomic E-state index is -0.460. The first-order chi connectivity index (χ1) is 10.9. The van der Waals surface area contributed by atoms with E-state index in [1.165, 1.54) is 16.5 Å². The minimum absolute atomic E-state index is 0.139. The number of carbonyl (C=O) groups excluding carboxylic acids is 1. The third-order valence-electron chi connectivity index (χ3n) is 3.96. The zero-order valence-corrected chi connectivity index (χ0v) is 13.8. The predicted molar refractivity (Wildman–Crippen MR) is 91.1 cm³/mol. The highest BCUT2D eigenvalue weighted by Crippen LogP contribution is 2.31. The van der Waals surface area contributed by atoms with Gasteiger partial charge in [-0.25, -0.2) is 4.79 Å². The summed E-state index contributed by atoms with van der Waals surface area (Å²) in [4.78, 5) is 19.2. The van der Waals surface area contributed by atoms with E-state index in [0.29, 0.717) is 0 Å². The van der Waals surface area contributed by atoms with Crippen molar-refractivity contribution in [3.05, 3.63) is 36.3 Å². The van der Waals surface area contributed by atoms with Gasteiger partial charge in [-0.1, -0.05) is 6.08 Å². The van der Waals surface area contributed by atoms with E-state index in [-0.39, 0.29) is 12.1 Å². The van der Waals surface area contributed by atoms with Crippen LogP contribution in [0.3, 0.4) is 0 Å². The summed E-state index contributed by atoms with van der Waals surface area (Å²) in [5.74, 6) is 0. The molecule has 1 amide bonds. The van der Waals surface area contributed by atoms with Gasteiger partial charge in [0.05, 0.1) is 11.7 Å². The fourth-order valence-electron chi connectivity index (χ4n) is 2.92. The van der Waals surface area contributed by atoms with Crippen molar-refractivity contribution in [2.45, 2.75) is 51.7 Å². The SMILES string of the molecule is CC(C)(C)OC(=O)NC1CC=C(c2c[nH]c3cnccc23)CC1. The molecule has 0 saturated heterocycles. The molecule has 0 fully saturated rings. The summed E-state index contributed by atoms with van der Waals surface area (Å²) in [6, 6.07) is 2.17. The lowest BCUT2D eigenvalue weighted by Gasteiger charge is -2.25. The molecule has 5 nitrogen and oxygen atoms in total. The van der Waals surface area contributed by atoms with Gasteiger partial charge in [0.15, 0.2) is 0 Å². The number of amides is 1. The summed E-state index contributed by atoms with van der Waals surface area (Å²) < 4.78 is 5.31. The van der Waals surface area contributed by atoms with Gasteiger partial charge >= 0.3 is 6.09 Å². The second-order valence-electron chi connectivity index (χ2n) is 6.97. The average molecular weight is 313 g/mol. The normalized spacial score (nSPS) is 18.6. The maximum Gasteiger partial charge on any atom is 0.407 e. The van der Waals surface area contributed by atoms with Crippen LogP contribution in [0.15, 0.2) is 30.7 Å². The summed E-state index contributed by atoms with van der Waals surface area (Å²) in [5.41, 5.74) is 3.15. The van der Waals surface area contributed by atoms with E-state index in [4.69, 9.17) is 4.74 Å². The number of fused-ring (bicyclic) bond motifs is 1. The number of nitrogens with zero attached hydrogens (tertiary/aromatic N) is 1. The molecule has 122 valence electrons. The number of nitrogens with one attached hydrogen (secondary N) is 2. The average Bonchev–Trinajstić information content (AvgIpc) is 2.90. The summed E-state index contributed by atoms with van der Waals surface area (Å²) in [5, 5.41) is 4.15. The van der Waals surface area contributed by atoms with Crippen LogP contribution in [0.5, 0.6) is 0 Å². The molecule has 2 aromatic rings. The third-order valence-corrected chi connectivity index (χ3v) is 3.96. The van der Waals surface area contributed by atoms with E-state index in [9.17, 15) is 4.79 Å². The van der Waals surface area contributed by atoms with Crippen LogP contribution in [0.2, 0.25) is 0 Å². The van der Waals surface area contributed by atoms with E-state index in [0.717, 1.165) is 24.8 Å². The monoisotopic (exact) mass is 313 g/mol. The summed E-state index contributed by atoms with van der Waals surface area (Å²) in [6.45, 7) is 5.62. The van der Waals surface area contributed by atoms with Crippen molar-refractivity contribution in [3.63, 3.8) is 0 Å². The molecular formula is C18H23N3O2. The molecule has 2 aromatic heterocycles. The van der Waals surface area contributed by atoms with Crippen molar-refractivity contribution >= 4 is 22.6 Å². The van der Waals surface area contributed by atoms with Gasteiger partial charge < -0.3 is 15.0 Å². The van der Waals surface area contributed by atoms with Gasteiger partial charge in [0, 0.05) is 29.4 Å². The minimum Gasteiger partial charge on any atom is -0.444 e. The Balaban J connectivity index is 1.66. The maximum absolute atomic E-state index is 11.8. The largest absolute Gasteiger partial charge is 0.444 e. The van der Waals surface area contributed by atoms with Crippen LogP contribution in [0.25, 0.3) is 16.5 Å². The summed E-state index contributed by atoms with van der Waals surface area (Å²) >= 11 is 0. The van der Waals surface area contributed by atoms with Gasteiger partial charge in [-0.3, -0.25) is 4.98 Å². The molecule has 1 atom stereocenters. The molecular weight excluding hydrogens is 290 g/mol. The molecule has 0 spiro atoms. The van der Waals surface area contributed by atoms with Gasteiger partial charge in [-0.15, -0.1) is 0 Å². The maximum atomic E-state index is 11.8. The molecule has 0 saturated carbocycles. The van der Waals surface area contributed by atoms with Gasteiger partial charge in [-0.05, 0) is 51.7 Å². The lowest BCUT2D eigenvalue weighted by atomic mass is 9.91. The third kappa shape index (κ3) is 3.73. The topological polar surface area (TPSA) is 67.0 Å². The Hall–Kier alpha value is -2.30. The zero-order valence-electron chi connectivity index (χ0n) is 13.8. The molecule has 5 heteroatoms. The fourth-order valence-corrected chi connectivity index (χ4v) is 2.92. The highest BCUT2D eigenvalue weighted by molar-refractivity contribution is 5.92. The molecule has 1 unspecified atom stereocenters. The van der Waals surface area contributed by atoms with Gasteiger partial charge in [0.25, 0.3) is 0 Å². The Morgan fingerprint density at radius 2 is 2.26 bits per heavy atom. The van der Waals surface area contributed by atoms with E-state index in [1.807, 2.05) is 45.4 Å². The van der Waals surface area contributed by atoms with E-state index >= 15 is 0 Å². The highest BCUT2D eigenvalue weighted by Gasteiger charge is 2.22. The Morgan fingerprint density at radius 3 is 2.96 bits per heavy atom. The van der Waals surface area contributed by atoms with Crippen LogP contribution in [0.1, 0.15) is 45.6 Å². The molecule has 2 heterocycles. The molecule has 0 radical (unpaired) electrons. The van der Waals surface area contributed by atoms with Gasteiger partial charge in [0.1, 0.15) is 5.60 Å². The van der Waals surface area contributed by atoms with Crippen molar-refractivity contribution in [1.29, 1.82) is 0 Å². The number of alkyl carbamates (subject to hydrolysis) is 1. The molecule has 3 rings (SSSR count). The van der Waals surface area contributed by atoms with Crippen molar-refractivity contribution in [1.82, 2.24) is 15.3 Å². The second kappa shape index (κ2) is 6.07. The number of aromatic amines is 1. The molecule has 1 aliphatic carbocycles. The van der Waals surface area contributed by atoms with Crippen LogP contribution in [-0.2, 0) is 4.74 Å². The van der Waals surface area contributed by atoms with Crippen LogP contribution in [0, 0.1) is 0 Å². The van der Waals surface area contributed by atoms with Crippen molar-refractivity contribution < 1.29 is 9.53 Å². The molecule has 1 aliphatic rings. The number of ether oxygens (including phenoxy) is 1. The molecule has 0 aromatic carbocycles. The van der Waals surface area contributed by atoms with Gasteiger partial charge in [0.2, 0.25) is 0 Å². The number of carbonyl (C=O) groups is 1. The number of H-pyrrole nitrogens is 1. The quantitative estimate of drug-likeness (QED) is 0.880. The van der Waals surface area contributed by atoms with Crippen LogP contribution in [0.4, 0.5) is 4.79 Å².